The Hall–Kier alpha value is -1.82. The summed E-state index contributed by atoms with van der Waals surface area (Å²) >= 11 is 0. The summed E-state index contributed by atoms with van der Waals surface area (Å²) in [6, 6.07) is 15.4. The molecule has 0 N–H and O–H groups in total. The first-order chi connectivity index (χ1) is 9.24. The summed E-state index contributed by atoms with van der Waals surface area (Å²) in [4.78, 5) is 0. The van der Waals surface area contributed by atoms with E-state index in [9.17, 15) is 0 Å². The quantitative estimate of drug-likeness (QED) is 0.736. The third-order valence-electron chi connectivity index (χ3n) is 4.05. The third kappa shape index (κ3) is 2.49. The minimum absolute atomic E-state index is 1.13. The van der Waals surface area contributed by atoms with E-state index in [2.05, 4.69) is 62.4 Å². The number of benzene rings is 2. The largest absolute Gasteiger partial charge is 0.0683 e. The minimum Gasteiger partial charge on any atom is -0.0683 e. The molecule has 0 bridgehead atoms. The molecule has 1 aliphatic carbocycles. The highest BCUT2D eigenvalue weighted by atomic mass is 14.2. The lowest BCUT2D eigenvalue weighted by molar-refractivity contribution is 0.952. The van der Waals surface area contributed by atoms with Crippen LogP contribution in [0.15, 0.2) is 48.0 Å². The molecule has 1 aliphatic rings. The van der Waals surface area contributed by atoms with Gasteiger partial charge in [-0.2, -0.15) is 0 Å². The lowest BCUT2D eigenvalue weighted by Gasteiger charge is -2.10. The fraction of sp³-hybridized carbons (Fsp3) is 0.263. The van der Waals surface area contributed by atoms with E-state index in [1.165, 1.54) is 27.8 Å². The molecule has 0 heterocycles. The molecule has 3 rings (SSSR count). The van der Waals surface area contributed by atoms with Gasteiger partial charge in [0.25, 0.3) is 0 Å². The van der Waals surface area contributed by atoms with Gasteiger partial charge in [0, 0.05) is 0 Å². The van der Waals surface area contributed by atoms with Gasteiger partial charge >= 0.3 is 0 Å². The van der Waals surface area contributed by atoms with Crippen LogP contribution in [0.3, 0.4) is 0 Å². The van der Waals surface area contributed by atoms with Crippen molar-refractivity contribution in [2.75, 3.05) is 0 Å². The Kier molecular flexibility index (Phi) is 3.25. The van der Waals surface area contributed by atoms with Crippen LogP contribution in [-0.4, -0.2) is 0 Å². The third-order valence-corrected chi connectivity index (χ3v) is 4.05. The predicted molar refractivity (Wildman–Crippen MR) is 82.4 cm³/mol. The van der Waals surface area contributed by atoms with Crippen molar-refractivity contribution in [3.8, 4) is 0 Å². The second kappa shape index (κ2) is 5.05. The van der Waals surface area contributed by atoms with E-state index < -0.39 is 0 Å². The van der Waals surface area contributed by atoms with Crippen LogP contribution in [0.4, 0.5) is 0 Å². The zero-order valence-electron chi connectivity index (χ0n) is 11.7. The molecule has 0 saturated carbocycles. The highest BCUT2D eigenvalue weighted by Crippen LogP contribution is 2.31. The van der Waals surface area contributed by atoms with E-state index in [1.54, 1.807) is 5.56 Å². The molecule has 19 heavy (non-hydrogen) atoms. The molecule has 0 atom stereocenters. The standard InChI is InChI=1S/C19H20/c1-14-12-18-15(2)8-10-17(19(18)13-14)11-9-16-6-4-3-5-7-16/h3-8,10,13H,9,11-12H2,1-2H3. The maximum atomic E-state index is 2.38. The van der Waals surface area contributed by atoms with Crippen LogP contribution in [0.2, 0.25) is 0 Å². The Bertz CT molecular complexity index is 618. The van der Waals surface area contributed by atoms with Gasteiger partial charge in [-0.3, -0.25) is 0 Å². The van der Waals surface area contributed by atoms with Crippen LogP contribution in [0.25, 0.3) is 6.08 Å². The van der Waals surface area contributed by atoms with Gasteiger partial charge in [0.2, 0.25) is 0 Å². The number of hydrogen-bond acceptors (Lipinski definition) is 0. The van der Waals surface area contributed by atoms with Crippen LogP contribution in [-0.2, 0) is 19.3 Å². The molecular weight excluding hydrogens is 228 g/mol. The first-order valence-corrected chi connectivity index (χ1v) is 7.06. The number of aryl methyl sites for hydroxylation is 3. The summed E-state index contributed by atoms with van der Waals surface area (Å²) in [5.41, 5.74) is 8.89. The van der Waals surface area contributed by atoms with Gasteiger partial charge in [0.15, 0.2) is 0 Å². The van der Waals surface area contributed by atoms with Crippen molar-refractivity contribution in [1.82, 2.24) is 0 Å². The number of fused-ring (bicyclic) bond motifs is 1. The second-order valence-electron chi connectivity index (χ2n) is 5.59. The van der Waals surface area contributed by atoms with Crippen LogP contribution >= 0.6 is 0 Å². The Morgan fingerprint density at radius 3 is 2.47 bits per heavy atom. The van der Waals surface area contributed by atoms with Gasteiger partial charge in [-0.05, 0) is 60.9 Å². The van der Waals surface area contributed by atoms with Gasteiger partial charge in [0.05, 0.1) is 0 Å². The zero-order chi connectivity index (χ0) is 13.2. The molecule has 2 aromatic carbocycles. The molecule has 0 saturated heterocycles. The maximum Gasteiger partial charge on any atom is -0.00579 e. The number of allylic oxidation sites excluding steroid dienone is 1. The Balaban J connectivity index is 1.85. The van der Waals surface area contributed by atoms with Crippen LogP contribution < -0.4 is 0 Å². The predicted octanol–water partition coefficient (Wildman–Crippen LogP) is 4.74. The van der Waals surface area contributed by atoms with Gasteiger partial charge in [0.1, 0.15) is 0 Å². The Morgan fingerprint density at radius 1 is 0.895 bits per heavy atom. The minimum atomic E-state index is 1.13. The fourth-order valence-corrected chi connectivity index (χ4v) is 2.95. The highest BCUT2D eigenvalue weighted by molar-refractivity contribution is 5.68. The van der Waals surface area contributed by atoms with E-state index in [-0.39, 0.29) is 0 Å². The van der Waals surface area contributed by atoms with Crippen molar-refractivity contribution < 1.29 is 0 Å². The van der Waals surface area contributed by atoms with Gasteiger partial charge < -0.3 is 0 Å². The fourth-order valence-electron chi connectivity index (χ4n) is 2.95. The molecule has 0 fully saturated rings. The molecule has 0 radical (unpaired) electrons. The van der Waals surface area contributed by atoms with Crippen LogP contribution in [0.1, 0.15) is 34.7 Å². The number of rotatable bonds is 3. The summed E-state index contributed by atoms with van der Waals surface area (Å²) in [6.07, 6.45) is 5.78. The Morgan fingerprint density at radius 2 is 1.68 bits per heavy atom. The summed E-state index contributed by atoms with van der Waals surface area (Å²) in [7, 11) is 0. The van der Waals surface area contributed by atoms with Crippen molar-refractivity contribution in [3.05, 3.63) is 75.9 Å². The average molecular weight is 248 g/mol. The van der Waals surface area contributed by atoms with Crippen molar-refractivity contribution in [2.45, 2.75) is 33.1 Å². The molecule has 0 spiro atoms. The SMILES string of the molecule is CC1=Cc2c(CCc3ccccc3)ccc(C)c2C1. The zero-order valence-corrected chi connectivity index (χ0v) is 11.7. The summed E-state index contributed by atoms with van der Waals surface area (Å²) in [6.45, 7) is 4.46. The normalized spacial score (nSPS) is 13.3. The first kappa shape index (κ1) is 12.2. The van der Waals surface area contributed by atoms with Gasteiger partial charge in [-0.15, -0.1) is 0 Å². The van der Waals surface area contributed by atoms with Gasteiger partial charge in [-0.25, -0.2) is 0 Å². The van der Waals surface area contributed by atoms with E-state index in [4.69, 9.17) is 0 Å². The van der Waals surface area contributed by atoms with Gasteiger partial charge in [-0.1, -0.05) is 54.1 Å². The topological polar surface area (TPSA) is 0 Å². The molecule has 2 aromatic rings. The van der Waals surface area contributed by atoms with Crippen LogP contribution in [0.5, 0.6) is 0 Å². The monoisotopic (exact) mass is 248 g/mol. The highest BCUT2D eigenvalue weighted by Gasteiger charge is 2.15. The van der Waals surface area contributed by atoms with E-state index in [1.807, 2.05) is 0 Å². The summed E-state index contributed by atoms with van der Waals surface area (Å²) < 4.78 is 0. The molecule has 0 amide bonds. The summed E-state index contributed by atoms with van der Waals surface area (Å²) in [5.74, 6) is 0. The van der Waals surface area contributed by atoms with Crippen molar-refractivity contribution in [2.24, 2.45) is 0 Å². The molecule has 0 nitrogen and oxygen atoms in total. The molecular formula is C19H20. The average Bonchev–Trinajstić information content (AvgIpc) is 2.82. The lowest BCUT2D eigenvalue weighted by Crippen LogP contribution is -1.97. The maximum absolute atomic E-state index is 2.38. The van der Waals surface area contributed by atoms with E-state index >= 15 is 0 Å². The van der Waals surface area contributed by atoms with Crippen LogP contribution in [0, 0.1) is 6.92 Å². The molecule has 0 heteroatoms. The van der Waals surface area contributed by atoms with Crippen molar-refractivity contribution >= 4 is 6.08 Å². The van der Waals surface area contributed by atoms with Crippen molar-refractivity contribution in [3.63, 3.8) is 0 Å². The first-order valence-electron chi connectivity index (χ1n) is 7.06. The molecule has 0 aromatic heterocycles. The lowest BCUT2D eigenvalue weighted by atomic mass is 9.94. The summed E-state index contributed by atoms with van der Waals surface area (Å²) in [5, 5.41) is 0. The van der Waals surface area contributed by atoms with E-state index in [0.717, 1.165) is 19.3 Å². The molecule has 0 unspecified atom stereocenters. The molecule has 96 valence electrons. The van der Waals surface area contributed by atoms with Crippen molar-refractivity contribution in [1.29, 1.82) is 0 Å². The smallest absolute Gasteiger partial charge is 0.00579 e. The van der Waals surface area contributed by atoms with E-state index in [0.29, 0.717) is 0 Å². The molecule has 0 aliphatic heterocycles. The second-order valence-corrected chi connectivity index (χ2v) is 5.59. The Labute approximate surface area is 115 Å². The number of hydrogen-bond donors (Lipinski definition) is 0.